The van der Waals surface area contributed by atoms with E-state index in [2.05, 4.69) is 15.3 Å². The van der Waals surface area contributed by atoms with E-state index in [0.717, 1.165) is 6.07 Å². The van der Waals surface area contributed by atoms with E-state index in [0.29, 0.717) is 18.5 Å². The number of aromatic nitrogens is 2. The Hall–Kier alpha value is -2.51. The van der Waals surface area contributed by atoms with Crippen molar-refractivity contribution in [2.75, 3.05) is 19.8 Å². The number of fused-ring (bicyclic) bond motifs is 1. The third-order valence-corrected chi connectivity index (χ3v) is 7.75. The predicted octanol–water partition coefficient (Wildman–Crippen LogP) is 0.620. The van der Waals surface area contributed by atoms with Gasteiger partial charge in [0, 0.05) is 12.7 Å². The van der Waals surface area contributed by atoms with Crippen molar-refractivity contribution in [1.29, 1.82) is 0 Å². The molecule has 2 aromatic rings. The third kappa shape index (κ3) is 5.94. The lowest BCUT2D eigenvalue weighted by molar-refractivity contribution is -0.146. The lowest BCUT2D eigenvalue weighted by atomic mass is 9.96. The zero-order chi connectivity index (χ0) is 24.1. The molecule has 1 aromatic carbocycles. The Morgan fingerprint density at radius 3 is 2.88 bits per heavy atom. The summed E-state index contributed by atoms with van der Waals surface area (Å²) in [6.07, 6.45) is 1.85. The van der Waals surface area contributed by atoms with Crippen LogP contribution in [0.4, 0.5) is 4.39 Å². The number of aliphatic hydroxyl groups is 1. The number of sulfonamides is 1. The molecule has 2 N–H and O–H groups in total. The van der Waals surface area contributed by atoms with Crippen molar-refractivity contribution in [3.05, 3.63) is 54.4 Å². The number of hydrogen-bond donors (Lipinski definition) is 2. The van der Waals surface area contributed by atoms with Gasteiger partial charge in [-0.15, -0.1) is 0 Å². The number of carbonyl (C=O) groups is 1. The van der Waals surface area contributed by atoms with Crippen LogP contribution in [0, 0.1) is 5.82 Å². The van der Waals surface area contributed by atoms with Crippen LogP contribution in [0.2, 0.25) is 0 Å². The van der Waals surface area contributed by atoms with E-state index in [-0.39, 0.29) is 43.5 Å². The van der Waals surface area contributed by atoms with Crippen LogP contribution in [0.5, 0.6) is 0 Å². The van der Waals surface area contributed by atoms with Gasteiger partial charge in [-0.2, -0.15) is 4.31 Å². The smallest absolute Gasteiger partial charge is 0.243 e. The zero-order valence-electron chi connectivity index (χ0n) is 18.4. The Labute approximate surface area is 197 Å². The largest absolute Gasteiger partial charge is 0.389 e. The molecule has 1 amide bonds. The van der Waals surface area contributed by atoms with Crippen LogP contribution in [-0.2, 0) is 30.8 Å². The van der Waals surface area contributed by atoms with Crippen LogP contribution in [0.25, 0.3) is 0 Å². The molecular weight excluding hydrogens is 467 g/mol. The molecule has 0 radical (unpaired) electrons. The SMILES string of the molecule is O=C(C[C@@H]1CC[C@H]2[C@@H](COC[C@@H](O)CN2S(=O)(=O)c2cccc(F)c2)O1)NCc1ccncn1. The number of nitrogens with zero attached hydrogens (tertiary/aromatic N) is 3. The summed E-state index contributed by atoms with van der Waals surface area (Å²) in [5.74, 6) is -0.880. The van der Waals surface area contributed by atoms with E-state index in [1.165, 1.54) is 28.8 Å². The van der Waals surface area contributed by atoms with Crippen LogP contribution in [0.3, 0.4) is 0 Å². The summed E-state index contributed by atoms with van der Waals surface area (Å²) in [6, 6.07) is 5.86. The van der Waals surface area contributed by atoms with Crippen LogP contribution in [0.1, 0.15) is 25.0 Å². The summed E-state index contributed by atoms with van der Waals surface area (Å²) < 4.78 is 53.3. The maximum Gasteiger partial charge on any atom is 0.243 e. The molecule has 2 aliphatic rings. The van der Waals surface area contributed by atoms with Gasteiger partial charge in [0.15, 0.2) is 0 Å². The fourth-order valence-electron chi connectivity index (χ4n) is 4.22. The quantitative estimate of drug-likeness (QED) is 0.598. The summed E-state index contributed by atoms with van der Waals surface area (Å²) in [7, 11) is -4.10. The topological polar surface area (TPSA) is 131 Å². The first-order valence-electron chi connectivity index (χ1n) is 11.0. The normalized spacial score (nSPS) is 26.2. The molecule has 4 atom stereocenters. The molecule has 184 valence electrons. The molecule has 0 saturated carbocycles. The zero-order valence-corrected chi connectivity index (χ0v) is 19.2. The highest BCUT2D eigenvalue weighted by atomic mass is 32.2. The van der Waals surface area contributed by atoms with E-state index < -0.39 is 40.2 Å². The summed E-state index contributed by atoms with van der Waals surface area (Å²) in [4.78, 5) is 20.1. The van der Waals surface area contributed by atoms with Gasteiger partial charge in [-0.1, -0.05) is 6.07 Å². The van der Waals surface area contributed by atoms with Crippen molar-refractivity contribution >= 4 is 15.9 Å². The molecule has 2 saturated heterocycles. The van der Waals surface area contributed by atoms with Crippen LogP contribution >= 0.6 is 0 Å². The van der Waals surface area contributed by atoms with Gasteiger partial charge < -0.3 is 19.9 Å². The molecule has 12 heteroatoms. The van der Waals surface area contributed by atoms with Crippen molar-refractivity contribution in [3.63, 3.8) is 0 Å². The van der Waals surface area contributed by atoms with Gasteiger partial charge >= 0.3 is 0 Å². The first kappa shape index (κ1) is 24.6. The number of hydrogen-bond acceptors (Lipinski definition) is 8. The highest BCUT2D eigenvalue weighted by molar-refractivity contribution is 7.89. The Balaban J connectivity index is 1.44. The second-order valence-corrected chi connectivity index (χ2v) is 10.2. The van der Waals surface area contributed by atoms with Crippen LogP contribution < -0.4 is 5.32 Å². The molecule has 2 fully saturated rings. The predicted molar refractivity (Wildman–Crippen MR) is 117 cm³/mol. The number of β-amino-alcohol motifs (C(OH)–C–C–N with tert-alkyl or cyclic N) is 1. The van der Waals surface area contributed by atoms with Crippen molar-refractivity contribution in [2.24, 2.45) is 0 Å². The number of rotatable bonds is 6. The molecule has 2 aliphatic heterocycles. The van der Waals surface area contributed by atoms with E-state index in [1.807, 2.05) is 0 Å². The van der Waals surface area contributed by atoms with Gasteiger partial charge in [0.25, 0.3) is 0 Å². The van der Waals surface area contributed by atoms with Gasteiger partial charge in [0.05, 0.1) is 61.1 Å². The van der Waals surface area contributed by atoms with E-state index in [4.69, 9.17) is 9.47 Å². The minimum atomic E-state index is -4.10. The molecule has 0 unspecified atom stereocenters. The van der Waals surface area contributed by atoms with E-state index in [1.54, 1.807) is 12.3 Å². The molecular formula is C22H27FN4O6S. The summed E-state index contributed by atoms with van der Waals surface area (Å²) in [5.41, 5.74) is 0.679. The fraction of sp³-hybridized carbons (Fsp3) is 0.500. The summed E-state index contributed by atoms with van der Waals surface area (Å²) in [5, 5.41) is 13.0. The maximum absolute atomic E-state index is 13.7. The lowest BCUT2D eigenvalue weighted by Crippen LogP contribution is -2.57. The van der Waals surface area contributed by atoms with Gasteiger partial charge in [-0.05, 0) is 37.1 Å². The monoisotopic (exact) mass is 494 g/mol. The Morgan fingerprint density at radius 2 is 2.12 bits per heavy atom. The van der Waals surface area contributed by atoms with Crippen molar-refractivity contribution < 1.29 is 32.2 Å². The van der Waals surface area contributed by atoms with Gasteiger partial charge in [-0.25, -0.2) is 22.8 Å². The summed E-state index contributed by atoms with van der Waals surface area (Å²) in [6.45, 7) is 0.0655. The number of amides is 1. The van der Waals surface area contributed by atoms with E-state index in [9.17, 15) is 22.7 Å². The molecule has 10 nitrogen and oxygen atoms in total. The number of ether oxygens (including phenoxy) is 2. The fourth-order valence-corrected chi connectivity index (χ4v) is 5.97. The van der Waals surface area contributed by atoms with Gasteiger partial charge in [0.1, 0.15) is 12.1 Å². The third-order valence-electron chi connectivity index (χ3n) is 5.86. The number of carbonyl (C=O) groups excluding carboxylic acids is 1. The number of aliphatic hydroxyl groups excluding tert-OH is 1. The molecule has 3 heterocycles. The summed E-state index contributed by atoms with van der Waals surface area (Å²) >= 11 is 0. The highest BCUT2D eigenvalue weighted by Gasteiger charge is 2.43. The average Bonchev–Trinajstić information content (AvgIpc) is 2.81. The second-order valence-electron chi connectivity index (χ2n) is 8.35. The van der Waals surface area contributed by atoms with Crippen molar-refractivity contribution in [3.8, 4) is 0 Å². The van der Waals surface area contributed by atoms with Crippen LogP contribution in [0.15, 0.2) is 47.8 Å². The first-order chi connectivity index (χ1) is 16.3. The Morgan fingerprint density at radius 1 is 1.26 bits per heavy atom. The average molecular weight is 495 g/mol. The van der Waals surface area contributed by atoms with Gasteiger partial charge in [-0.3, -0.25) is 4.79 Å². The van der Waals surface area contributed by atoms with Crippen LogP contribution in [-0.4, -0.2) is 77.8 Å². The lowest BCUT2D eigenvalue weighted by Gasteiger charge is -2.43. The van der Waals surface area contributed by atoms with Crippen molar-refractivity contribution in [2.45, 2.75) is 55.1 Å². The minimum Gasteiger partial charge on any atom is -0.389 e. The Bertz CT molecular complexity index is 1090. The molecule has 0 spiro atoms. The number of halogens is 1. The first-order valence-corrected chi connectivity index (χ1v) is 12.5. The number of nitrogens with one attached hydrogen (secondary N) is 1. The molecule has 1 aromatic heterocycles. The molecule has 4 rings (SSSR count). The van der Waals surface area contributed by atoms with Gasteiger partial charge in [0.2, 0.25) is 15.9 Å². The standard InChI is InChI=1S/C22H27FN4O6S/c23-15-2-1-3-19(8-15)34(30,31)27-11-17(28)12-32-13-21-20(27)5-4-18(33-21)9-22(29)25-10-16-6-7-24-14-26-16/h1-3,6-8,14,17-18,20-21,28H,4-5,9-13H2,(H,25,29)/t17-,18-,20-,21+/m0/s1. The second kappa shape index (κ2) is 10.8. The molecule has 0 bridgehead atoms. The van der Waals surface area contributed by atoms with Crippen molar-refractivity contribution in [1.82, 2.24) is 19.6 Å². The highest BCUT2D eigenvalue weighted by Crippen LogP contribution is 2.31. The Kier molecular flexibility index (Phi) is 7.84. The molecule has 34 heavy (non-hydrogen) atoms. The number of benzene rings is 1. The van der Waals surface area contributed by atoms with E-state index >= 15 is 0 Å². The molecule has 0 aliphatic carbocycles. The maximum atomic E-state index is 13.7. The minimum absolute atomic E-state index is 0.0637.